The number of hydrogen-bond acceptors (Lipinski definition) is 6. The summed E-state index contributed by atoms with van der Waals surface area (Å²) in [6.07, 6.45) is 1.62. The molecule has 3 rings (SSSR count). The van der Waals surface area contributed by atoms with E-state index in [0.717, 1.165) is 27.9 Å². The number of carbonyl (C=O) groups excluding carboxylic acids is 3. The van der Waals surface area contributed by atoms with Crippen molar-refractivity contribution in [3.05, 3.63) is 69.1 Å². The lowest BCUT2D eigenvalue weighted by molar-refractivity contribution is -0.122. The molecule has 6 nitrogen and oxygen atoms in total. The van der Waals surface area contributed by atoms with Gasteiger partial charge in [0.15, 0.2) is 0 Å². The molecule has 0 unspecified atom stereocenters. The van der Waals surface area contributed by atoms with Crippen LogP contribution in [0.15, 0.2) is 47.4 Å². The summed E-state index contributed by atoms with van der Waals surface area (Å²) >= 11 is 6.96. The molecule has 2 aromatic carbocycles. The van der Waals surface area contributed by atoms with Crippen molar-refractivity contribution in [1.29, 1.82) is 0 Å². The maximum atomic E-state index is 12.6. The van der Waals surface area contributed by atoms with Gasteiger partial charge < -0.3 is 10.1 Å². The molecule has 0 saturated carbocycles. The first-order valence-corrected chi connectivity index (χ1v) is 9.52. The molecule has 144 valence electrons. The topological polar surface area (TPSA) is 75.7 Å². The van der Waals surface area contributed by atoms with Gasteiger partial charge >= 0.3 is 5.97 Å². The number of anilines is 1. The van der Waals surface area contributed by atoms with E-state index in [1.807, 2.05) is 19.1 Å². The van der Waals surface area contributed by atoms with Gasteiger partial charge in [-0.05, 0) is 60.2 Å². The molecule has 1 N–H and O–H groups in total. The molecule has 0 aromatic heterocycles. The third-order valence-corrected chi connectivity index (χ3v) is 5.43. The second-order valence-corrected chi connectivity index (χ2v) is 7.42. The maximum absolute atomic E-state index is 12.6. The number of hydrogen-bond donors (Lipinski definition) is 1. The highest BCUT2D eigenvalue weighted by Crippen LogP contribution is 2.32. The van der Waals surface area contributed by atoms with Gasteiger partial charge in [0.05, 0.1) is 24.2 Å². The highest BCUT2D eigenvalue weighted by molar-refractivity contribution is 8.18. The molecule has 1 heterocycles. The first-order chi connectivity index (χ1) is 13.4. The molecule has 1 aliphatic heterocycles. The fourth-order valence-corrected chi connectivity index (χ4v) is 3.51. The molecule has 2 amide bonds. The Balaban J connectivity index is 1.69. The molecular weight excluding hydrogens is 400 g/mol. The monoisotopic (exact) mass is 416 g/mol. The van der Waals surface area contributed by atoms with E-state index in [-0.39, 0.29) is 17.8 Å². The van der Waals surface area contributed by atoms with Crippen molar-refractivity contribution in [2.75, 3.05) is 19.1 Å². The van der Waals surface area contributed by atoms with Gasteiger partial charge in [0.1, 0.15) is 0 Å². The number of esters is 1. The lowest BCUT2D eigenvalue weighted by Crippen LogP contribution is -2.33. The van der Waals surface area contributed by atoms with E-state index >= 15 is 0 Å². The minimum atomic E-state index is -0.436. The van der Waals surface area contributed by atoms with E-state index in [2.05, 4.69) is 10.1 Å². The van der Waals surface area contributed by atoms with Crippen LogP contribution in [0.1, 0.15) is 21.5 Å². The predicted octanol–water partition coefficient (Wildman–Crippen LogP) is 4.54. The van der Waals surface area contributed by atoms with Crippen LogP contribution in [0.2, 0.25) is 5.02 Å². The van der Waals surface area contributed by atoms with Crippen molar-refractivity contribution in [2.45, 2.75) is 6.92 Å². The van der Waals surface area contributed by atoms with Gasteiger partial charge in [-0.25, -0.2) is 4.79 Å². The van der Waals surface area contributed by atoms with Crippen LogP contribution in [-0.4, -0.2) is 35.8 Å². The largest absolute Gasteiger partial charge is 0.465 e. The summed E-state index contributed by atoms with van der Waals surface area (Å²) < 4.78 is 4.65. The number of aryl methyl sites for hydroxylation is 1. The number of nitrogens with one attached hydrogen (secondary N) is 1. The van der Waals surface area contributed by atoms with E-state index in [1.165, 1.54) is 7.11 Å². The van der Waals surface area contributed by atoms with E-state index in [4.69, 9.17) is 11.6 Å². The summed E-state index contributed by atoms with van der Waals surface area (Å²) in [6, 6.07) is 12.0. The molecule has 2 aromatic rings. The van der Waals surface area contributed by atoms with Crippen LogP contribution >= 0.6 is 23.4 Å². The Morgan fingerprint density at radius 3 is 2.57 bits per heavy atom. The molecule has 1 aliphatic rings. The number of imide groups is 1. The van der Waals surface area contributed by atoms with Crippen molar-refractivity contribution in [1.82, 2.24) is 4.90 Å². The molecule has 28 heavy (non-hydrogen) atoms. The molecule has 0 atom stereocenters. The van der Waals surface area contributed by atoms with E-state index in [0.29, 0.717) is 21.1 Å². The standard InChI is InChI=1S/C20H17ClN2O4S/c1-12-3-8-15(10-16(12)21)22-11-23-18(24)17(28-20(23)26)9-13-4-6-14(7-5-13)19(25)27-2/h3-10,22H,11H2,1-2H3. The van der Waals surface area contributed by atoms with Crippen molar-refractivity contribution < 1.29 is 19.1 Å². The zero-order chi connectivity index (χ0) is 20.3. The first kappa shape index (κ1) is 20.0. The van der Waals surface area contributed by atoms with Crippen LogP contribution < -0.4 is 5.32 Å². The third kappa shape index (κ3) is 4.37. The fourth-order valence-electron chi connectivity index (χ4n) is 2.49. The van der Waals surface area contributed by atoms with Gasteiger partial charge in [-0.2, -0.15) is 0 Å². The predicted molar refractivity (Wildman–Crippen MR) is 110 cm³/mol. The molecule has 1 saturated heterocycles. The quantitative estimate of drug-likeness (QED) is 0.569. The van der Waals surface area contributed by atoms with Gasteiger partial charge in [0, 0.05) is 10.7 Å². The minimum Gasteiger partial charge on any atom is -0.465 e. The highest BCUT2D eigenvalue weighted by Gasteiger charge is 2.34. The van der Waals surface area contributed by atoms with Crippen LogP contribution in [0.25, 0.3) is 6.08 Å². The fraction of sp³-hybridized carbons (Fsp3) is 0.150. The number of amides is 2. The van der Waals surface area contributed by atoms with Gasteiger partial charge in [0.2, 0.25) is 0 Å². The number of rotatable bonds is 5. The number of carbonyl (C=O) groups is 3. The van der Waals surface area contributed by atoms with Gasteiger partial charge in [-0.15, -0.1) is 0 Å². The smallest absolute Gasteiger partial charge is 0.337 e. The summed E-state index contributed by atoms with van der Waals surface area (Å²) in [5, 5.41) is 3.29. The first-order valence-electron chi connectivity index (χ1n) is 8.33. The molecule has 0 aliphatic carbocycles. The van der Waals surface area contributed by atoms with Crippen molar-refractivity contribution in [2.24, 2.45) is 0 Å². The van der Waals surface area contributed by atoms with Gasteiger partial charge in [-0.3, -0.25) is 14.5 Å². The Labute approximate surface area is 171 Å². The van der Waals surface area contributed by atoms with Crippen molar-refractivity contribution >= 4 is 52.2 Å². The Kier molecular flexibility index (Phi) is 6.06. The number of nitrogens with zero attached hydrogens (tertiary/aromatic N) is 1. The SMILES string of the molecule is COC(=O)c1ccc(C=C2SC(=O)N(CNc3ccc(C)c(Cl)c3)C2=O)cc1. The van der Waals surface area contributed by atoms with Crippen molar-refractivity contribution in [3.8, 4) is 0 Å². The highest BCUT2D eigenvalue weighted by atomic mass is 35.5. The molecule has 0 spiro atoms. The molecule has 1 fully saturated rings. The average molecular weight is 417 g/mol. The zero-order valence-electron chi connectivity index (χ0n) is 15.2. The van der Waals surface area contributed by atoms with Crippen LogP contribution in [-0.2, 0) is 9.53 Å². The Morgan fingerprint density at radius 1 is 1.21 bits per heavy atom. The van der Waals surface area contributed by atoms with Crippen LogP contribution in [0.5, 0.6) is 0 Å². The number of thioether (sulfide) groups is 1. The number of benzene rings is 2. The summed E-state index contributed by atoms with van der Waals surface area (Å²) in [5.74, 6) is -0.813. The molecule has 8 heteroatoms. The summed E-state index contributed by atoms with van der Waals surface area (Å²) in [4.78, 5) is 37.7. The number of halogens is 1. The Morgan fingerprint density at radius 2 is 1.93 bits per heavy atom. The van der Waals surface area contributed by atoms with Crippen LogP contribution in [0.4, 0.5) is 10.5 Å². The number of ether oxygens (including phenoxy) is 1. The lowest BCUT2D eigenvalue weighted by Gasteiger charge is -2.15. The lowest BCUT2D eigenvalue weighted by atomic mass is 10.1. The Hall–Kier alpha value is -2.77. The normalized spacial score (nSPS) is 15.2. The average Bonchev–Trinajstić information content (AvgIpc) is 2.95. The van der Waals surface area contributed by atoms with Gasteiger partial charge in [-0.1, -0.05) is 29.8 Å². The Bertz CT molecular complexity index is 973. The molecular formula is C20H17ClN2O4S. The summed E-state index contributed by atoms with van der Waals surface area (Å²) in [6.45, 7) is 1.94. The zero-order valence-corrected chi connectivity index (χ0v) is 16.8. The van der Waals surface area contributed by atoms with E-state index < -0.39 is 5.97 Å². The summed E-state index contributed by atoms with van der Waals surface area (Å²) in [5.41, 5.74) is 2.78. The maximum Gasteiger partial charge on any atom is 0.337 e. The minimum absolute atomic E-state index is 0.0443. The van der Waals surface area contributed by atoms with Crippen molar-refractivity contribution in [3.63, 3.8) is 0 Å². The second-order valence-electron chi connectivity index (χ2n) is 6.02. The molecule has 0 bridgehead atoms. The molecule has 0 radical (unpaired) electrons. The summed E-state index contributed by atoms with van der Waals surface area (Å²) in [7, 11) is 1.31. The van der Waals surface area contributed by atoms with Crippen LogP contribution in [0.3, 0.4) is 0 Å². The number of methoxy groups -OCH3 is 1. The van der Waals surface area contributed by atoms with Gasteiger partial charge in [0.25, 0.3) is 11.1 Å². The van der Waals surface area contributed by atoms with E-state index in [1.54, 1.807) is 36.4 Å². The third-order valence-electron chi connectivity index (χ3n) is 4.12. The second kappa shape index (κ2) is 8.50. The van der Waals surface area contributed by atoms with Crippen LogP contribution in [0, 0.1) is 6.92 Å². The van der Waals surface area contributed by atoms with E-state index in [9.17, 15) is 14.4 Å².